The third-order valence-corrected chi connectivity index (χ3v) is 3.02. The zero-order chi connectivity index (χ0) is 12.5. The highest BCUT2D eigenvalue weighted by Crippen LogP contribution is 2.28. The molecule has 2 fully saturated rings. The van der Waals surface area contributed by atoms with Gasteiger partial charge >= 0.3 is 0 Å². The predicted molar refractivity (Wildman–Crippen MR) is 63.6 cm³/mol. The second-order valence-corrected chi connectivity index (χ2v) is 6.67. The van der Waals surface area contributed by atoms with Crippen LogP contribution in [0.25, 0.3) is 0 Å². The minimum absolute atomic E-state index is 0.118. The van der Waals surface area contributed by atoms with Gasteiger partial charge in [0.25, 0.3) is 0 Å². The van der Waals surface area contributed by atoms with Crippen LogP contribution in [-0.4, -0.2) is 39.0 Å². The number of ether oxygens (including phenoxy) is 4. The Morgan fingerprint density at radius 2 is 1.00 bits per heavy atom. The summed E-state index contributed by atoms with van der Waals surface area (Å²) in [5.41, 5.74) is 0.236. The van der Waals surface area contributed by atoms with Crippen LogP contribution in [-0.2, 0) is 18.9 Å². The average molecular weight is 244 g/mol. The normalized spacial score (nSPS) is 30.4. The molecule has 0 aromatic carbocycles. The van der Waals surface area contributed by atoms with Crippen LogP contribution in [0.3, 0.4) is 0 Å². The number of hydrogen-bond donors (Lipinski definition) is 0. The summed E-state index contributed by atoms with van der Waals surface area (Å²) in [5, 5.41) is 0. The molecule has 0 spiro atoms. The highest BCUT2D eigenvalue weighted by Gasteiger charge is 2.33. The molecule has 0 atom stereocenters. The van der Waals surface area contributed by atoms with Crippen molar-refractivity contribution in [3.05, 3.63) is 0 Å². The molecular weight excluding hydrogens is 220 g/mol. The molecule has 2 rings (SSSR count). The van der Waals surface area contributed by atoms with Crippen LogP contribution in [0.15, 0.2) is 0 Å². The Morgan fingerprint density at radius 1 is 0.706 bits per heavy atom. The number of rotatable bonds is 2. The molecule has 100 valence electrons. The van der Waals surface area contributed by atoms with Crippen LogP contribution in [0.4, 0.5) is 0 Å². The van der Waals surface area contributed by atoms with Crippen LogP contribution in [0.2, 0.25) is 0 Å². The van der Waals surface area contributed by atoms with E-state index < -0.39 is 0 Å². The monoisotopic (exact) mass is 244 g/mol. The summed E-state index contributed by atoms with van der Waals surface area (Å²) >= 11 is 0. The third kappa shape index (κ3) is 3.91. The zero-order valence-corrected chi connectivity index (χ0v) is 11.3. The maximum atomic E-state index is 5.67. The van der Waals surface area contributed by atoms with Crippen molar-refractivity contribution in [3.63, 3.8) is 0 Å². The third-order valence-electron chi connectivity index (χ3n) is 3.02. The van der Waals surface area contributed by atoms with E-state index in [0.717, 1.165) is 26.4 Å². The van der Waals surface area contributed by atoms with Crippen molar-refractivity contribution in [2.75, 3.05) is 26.4 Å². The van der Waals surface area contributed by atoms with Gasteiger partial charge in [0.1, 0.15) is 0 Å². The van der Waals surface area contributed by atoms with E-state index in [-0.39, 0.29) is 23.4 Å². The fraction of sp³-hybridized carbons (Fsp3) is 1.00. The van der Waals surface area contributed by atoms with Crippen molar-refractivity contribution in [3.8, 4) is 0 Å². The molecule has 4 nitrogen and oxygen atoms in total. The molecule has 2 aliphatic heterocycles. The molecular formula is C13H24O4. The first kappa shape index (κ1) is 13.3. The SMILES string of the molecule is CC1(C)COC(CC2OCC(C)(C)CO2)OC1. The van der Waals surface area contributed by atoms with E-state index >= 15 is 0 Å². The molecule has 2 heterocycles. The van der Waals surface area contributed by atoms with Gasteiger partial charge in [0.2, 0.25) is 0 Å². The maximum Gasteiger partial charge on any atom is 0.162 e. The molecule has 0 N–H and O–H groups in total. The minimum atomic E-state index is -0.186. The van der Waals surface area contributed by atoms with Crippen molar-refractivity contribution >= 4 is 0 Å². The first-order valence-corrected chi connectivity index (χ1v) is 6.33. The summed E-state index contributed by atoms with van der Waals surface area (Å²) in [6, 6.07) is 0. The van der Waals surface area contributed by atoms with Gasteiger partial charge in [-0.1, -0.05) is 27.7 Å². The fourth-order valence-corrected chi connectivity index (χ4v) is 1.88. The van der Waals surface area contributed by atoms with Crippen molar-refractivity contribution in [1.29, 1.82) is 0 Å². The van der Waals surface area contributed by atoms with E-state index in [1.54, 1.807) is 0 Å². The molecule has 17 heavy (non-hydrogen) atoms. The van der Waals surface area contributed by atoms with Gasteiger partial charge in [-0.25, -0.2) is 0 Å². The standard InChI is InChI=1S/C13H24O4/c1-12(2)6-14-10(15-7-12)5-11-16-8-13(3,4)9-17-11/h10-11H,5-9H2,1-4H3. The summed E-state index contributed by atoms with van der Waals surface area (Å²) in [7, 11) is 0. The average Bonchev–Trinajstić information content (AvgIpc) is 2.24. The summed E-state index contributed by atoms with van der Waals surface area (Å²) in [5.74, 6) is 0. The Labute approximate surface area is 104 Å². The summed E-state index contributed by atoms with van der Waals surface area (Å²) < 4.78 is 22.7. The van der Waals surface area contributed by atoms with Gasteiger partial charge in [0.05, 0.1) is 26.4 Å². The van der Waals surface area contributed by atoms with Crippen molar-refractivity contribution in [2.45, 2.75) is 46.7 Å². The van der Waals surface area contributed by atoms with Gasteiger partial charge in [0, 0.05) is 17.3 Å². The van der Waals surface area contributed by atoms with E-state index in [9.17, 15) is 0 Å². The van der Waals surface area contributed by atoms with Crippen LogP contribution in [0.1, 0.15) is 34.1 Å². The van der Waals surface area contributed by atoms with E-state index in [4.69, 9.17) is 18.9 Å². The molecule has 0 amide bonds. The molecule has 0 aromatic rings. The number of hydrogen-bond acceptors (Lipinski definition) is 4. The minimum Gasteiger partial charge on any atom is -0.352 e. The second kappa shape index (κ2) is 4.84. The summed E-state index contributed by atoms with van der Waals surface area (Å²) in [6.07, 6.45) is 0.287. The van der Waals surface area contributed by atoms with E-state index in [1.165, 1.54) is 0 Å². The Bertz CT molecular complexity index is 216. The van der Waals surface area contributed by atoms with Crippen molar-refractivity contribution < 1.29 is 18.9 Å². The topological polar surface area (TPSA) is 36.9 Å². The van der Waals surface area contributed by atoms with Crippen LogP contribution in [0, 0.1) is 10.8 Å². The molecule has 0 bridgehead atoms. The molecule has 0 radical (unpaired) electrons. The van der Waals surface area contributed by atoms with E-state index in [1.807, 2.05) is 0 Å². The van der Waals surface area contributed by atoms with Crippen LogP contribution in [0.5, 0.6) is 0 Å². The van der Waals surface area contributed by atoms with Gasteiger partial charge in [-0.2, -0.15) is 0 Å². The van der Waals surface area contributed by atoms with Crippen LogP contribution < -0.4 is 0 Å². The Kier molecular flexibility index (Phi) is 3.78. The molecule has 4 heteroatoms. The first-order valence-electron chi connectivity index (χ1n) is 6.33. The lowest BCUT2D eigenvalue weighted by atomic mass is 9.95. The Balaban J connectivity index is 1.72. The second-order valence-electron chi connectivity index (χ2n) is 6.67. The quantitative estimate of drug-likeness (QED) is 0.746. The lowest BCUT2D eigenvalue weighted by Gasteiger charge is -2.38. The molecule has 0 aliphatic carbocycles. The molecule has 0 aromatic heterocycles. The smallest absolute Gasteiger partial charge is 0.162 e. The van der Waals surface area contributed by atoms with Gasteiger partial charge in [-0.05, 0) is 0 Å². The van der Waals surface area contributed by atoms with Crippen molar-refractivity contribution in [1.82, 2.24) is 0 Å². The molecule has 2 aliphatic rings. The Morgan fingerprint density at radius 3 is 1.29 bits per heavy atom. The van der Waals surface area contributed by atoms with E-state index in [0.29, 0.717) is 6.42 Å². The summed E-state index contributed by atoms with van der Waals surface area (Å²) in [6.45, 7) is 11.5. The Hall–Kier alpha value is -0.160. The lowest BCUT2D eigenvalue weighted by Crippen LogP contribution is -2.43. The van der Waals surface area contributed by atoms with Crippen molar-refractivity contribution in [2.24, 2.45) is 10.8 Å². The maximum absolute atomic E-state index is 5.67. The molecule has 0 unspecified atom stereocenters. The first-order chi connectivity index (χ1) is 7.86. The van der Waals surface area contributed by atoms with Gasteiger partial charge < -0.3 is 18.9 Å². The van der Waals surface area contributed by atoms with Gasteiger partial charge in [-0.3, -0.25) is 0 Å². The zero-order valence-electron chi connectivity index (χ0n) is 11.3. The highest BCUT2D eigenvalue weighted by atomic mass is 16.7. The molecule has 2 saturated heterocycles. The van der Waals surface area contributed by atoms with Crippen LogP contribution >= 0.6 is 0 Å². The molecule has 0 saturated carbocycles. The highest BCUT2D eigenvalue weighted by molar-refractivity contribution is 4.74. The summed E-state index contributed by atoms with van der Waals surface area (Å²) in [4.78, 5) is 0. The lowest BCUT2D eigenvalue weighted by molar-refractivity contribution is -0.279. The fourth-order valence-electron chi connectivity index (χ4n) is 1.88. The van der Waals surface area contributed by atoms with Gasteiger partial charge in [-0.15, -0.1) is 0 Å². The largest absolute Gasteiger partial charge is 0.352 e. The van der Waals surface area contributed by atoms with Gasteiger partial charge in [0.15, 0.2) is 12.6 Å². The van der Waals surface area contributed by atoms with E-state index in [2.05, 4.69) is 27.7 Å². The predicted octanol–water partition coefficient (Wildman–Crippen LogP) is 2.17.